The molecule has 1 aliphatic rings. The molecule has 5 nitrogen and oxygen atoms in total. The molecule has 0 saturated heterocycles. The second-order valence-electron chi connectivity index (χ2n) is 7.33. The van der Waals surface area contributed by atoms with E-state index in [1.54, 1.807) is 12.1 Å². The molecule has 0 N–H and O–H groups in total. The lowest BCUT2D eigenvalue weighted by atomic mass is 10.1. The number of carbonyl (C=O) groups excluding carboxylic acids is 1. The van der Waals surface area contributed by atoms with E-state index in [0.717, 1.165) is 15.8 Å². The van der Waals surface area contributed by atoms with Gasteiger partial charge in [-0.15, -0.1) is 11.3 Å². The number of para-hydroxylation sites is 2. The van der Waals surface area contributed by atoms with Crippen molar-refractivity contribution in [2.45, 2.75) is 24.3 Å². The number of hydrogen-bond donors (Lipinski definition) is 0. The second kappa shape index (κ2) is 7.04. The van der Waals surface area contributed by atoms with E-state index in [-0.39, 0.29) is 16.7 Å². The van der Waals surface area contributed by atoms with Gasteiger partial charge >= 0.3 is 0 Å². The van der Waals surface area contributed by atoms with Gasteiger partial charge in [-0.25, -0.2) is 13.4 Å². The van der Waals surface area contributed by atoms with Gasteiger partial charge in [-0.3, -0.25) is 9.10 Å². The summed E-state index contributed by atoms with van der Waals surface area (Å²) >= 11 is 1.31. The zero-order valence-corrected chi connectivity index (χ0v) is 17.8. The third-order valence-corrected chi connectivity index (χ3v) is 8.25. The highest BCUT2D eigenvalue weighted by Gasteiger charge is 2.36. The zero-order valence-electron chi connectivity index (χ0n) is 16.1. The number of rotatable bonds is 4. The molecular formula is C23H18N2O3S2. The van der Waals surface area contributed by atoms with Crippen LogP contribution < -0.4 is 4.31 Å². The van der Waals surface area contributed by atoms with Gasteiger partial charge in [0.1, 0.15) is 0 Å². The van der Waals surface area contributed by atoms with E-state index < -0.39 is 10.0 Å². The molecule has 0 fully saturated rings. The van der Waals surface area contributed by atoms with E-state index in [1.807, 2.05) is 55.5 Å². The monoisotopic (exact) mass is 434 g/mol. The topological polar surface area (TPSA) is 67.3 Å². The van der Waals surface area contributed by atoms with Crippen LogP contribution in [0.5, 0.6) is 0 Å². The molecule has 0 aliphatic carbocycles. The fraction of sp³-hybridized carbons (Fsp3) is 0.130. The fourth-order valence-electron chi connectivity index (χ4n) is 3.91. The standard InChI is InChI=1S/C23H18N2O3S2/c1-15-13-16-7-2-4-11-20(16)25(15)30(27,28)18-9-6-8-17(14-18)22(26)23-24-19-10-3-5-12-21(19)29-23/h2-12,14-15H,13H2,1H3. The number of anilines is 1. The van der Waals surface area contributed by atoms with E-state index in [1.165, 1.54) is 27.8 Å². The third kappa shape index (κ3) is 3.02. The number of fused-ring (bicyclic) bond motifs is 2. The van der Waals surface area contributed by atoms with E-state index in [4.69, 9.17) is 0 Å². The molecule has 4 aromatic rings. The van der Waals surface area contributed by atoms with Crippen molar-refractivity contribution in [3.05, 3.63) is 88.9 Å². The SMILES string of the molecule is CC1Cc2ccccc2N1S(=O)(=O)c1cccc(C(=O)c2nc3ccccc3s2)c1. The van der Waals surface area contributed by atoms with Crippen LogP contribution in [0.2, 0.25) is 0 Å². The summed E-state index contributed by atoms with van der Waals surface area (Å²) in [6, 6.07) is 21.1. The largest absolute Gasteiger partial charge is 0.286 e. The predicted molar refractivity (Wildman–Crippen MR) is 119 cm³/mol. The average Bonchev–Trinajstić information content (AvgIpc) is 3.33. The molecule has 1 atom stereocenters. The van der Waals surface area contributed by atoms with E-state index in [2.05, 4.69) is 4.98 Å². The van der Waals surface area contributed by atoms with Crippen molar-refractivity contribution < 1.29 is 13.2 Å². The molecule has 1 aliphatic heterocycles. The first-order chi connectivity index (χ1) is 14.4. The van der Waals surface area contributed by atoms with Crippen molar-refractivity contribution in [1.29, 1.82) is 0 Å². The van der Waals surface area contributed by atoms with E-state index in [0.29, 0.717) is 22.7 Å². The summed E-state index contributed by atoms with van der Waals surface area (Å²) in [5.41, 5.74) is 2.79. The number of benzene rings is 3. The maximum Gasteiger partial charge on any atom is 0.264 e. The first kappa shape index (κ1) is 19.0. The zero-order chi connectivity index (χ0) is 20.9. The molecule has 0 bridgehead atoms. The minimum absolute atomic E-state index is 0.109. The molecule has 0 radical (unpaired) electrons. The molecule has 0 amide bonds. The highest BCUT2D eigenvalue weighted by molar-refractivity contribution is 7.92. The lowest BCUT2D eigenvalue weighted by Gasteiger charge is -2.24. The van der Waals surface area contributed by atoms with Crippen molar-refractivity contribution in [2.75, 3.05) is 4.31 Å². The van der Waals surface area contributed by atoms with Crippen molar-refractivity contribution in [3.8, 4) is 0 Å². The Labute approximate surface area is 178 Å². The number of hydrogen-bond acceptors (Lipinski definition) is 5. The van der Waals surface area contributed by atoms with Gasteiger partial charge in [0.15, 0.2) is 5.01 Å². The van der Waals surface area contributed by atoms with Gasteiger partial charge in [0, 0.05) is 11.6 Å². The Hall–Kier alpha value is -3.03. The van der Waals surface area contributed by atoms with Gasteiger partial charge in [0.25, 0.3) is 10.0 Å². The molecule has 0 saturated carbocycles. The summed E-state index contributed by atoms with van der Waals surface area (Å²) in [5.74, 6) is -0.275. The van der Waals surface area contributed by atoms with E-state index >= 15 is 0 Å². The molecular weight excluding hydrogens is 416 g/mol. The fourth-order valence-corrected chi connectivity index (χ4v) is 6.57. The van der Waals surface area contributed by atoms with Crippen LogP contribution in [0.1, 0.15) is 27.9 Å². The molecule has 1 unspecified atom stereocenters. The molecule has 5 rings (SSSR count). The first-order valence-electron chi connectivity index (χ1n) is 9.58. The van der Waals surface area contributed by atoms with Crippen LogP contribution in [0.15, 0.2) is 77.7 Å². The van der Waals surface area contributed by atoms with Gasteiger partial charge in [-0.1, -0.05) is 42.5 Å². The van der Waals surface area contributed by atoms with Crippen LogP contribution in [-0.2, 0) is 16.4 Å². The quantitative estimate of drug-likeness (QED) is 0.438. The Morgan fingerprint density at radius 2 is 1.80 bits per heavy atom. The van der Waals surface area contributed by atoms with Crippen molar-refractivity contribution in [3.63, 3.8) is 0 Å². The lowest BCUT2D eigenvalue weighted by molar-refractivity contribution is 0.103. The van der Waals surface area contributed by atoms with Crippen molar-refractivity contribution >= 4 is 43.0 Å². The second-order valence-corrected chi connectivity index (χ2v) is 10.2. The van der Waals surface area contributed by atoms with Crippen molar-refractivity contribution in [2.24, 2.45) is 0 Å². The summed E-state index contributed by atoms with van der Waals surface area (Å²) < 4.78 is 29.3. The minimum atomic E-state index is -3.80. The Morgan fingerprint density at radius 1 is 1.03 bits per heavy atom. The maximum atomic E-state index is 13.5. The molecule has 1 aromatic heterocycles. The van der Waals surface area contributed by atoms with Crippen LogP contribution in [0.4, 0.5) is 5.69 Å². The Bertz CT molecular complexity index is 1360. The van der Waals surface area contributed by atoms with Gasteiger partial charge < -0.3 is 0 Å². The summed E-state index contributed by atoms with van der Waals surface area (Å²) in [4.78, 5) is 17.5. The van der Waals surface area contributed by atoms with Crippen LogP contribution in [-0.4, -0.2) is 25.2 Å². The molecule has 30 heavy (non-hydrogen) atoms. The van der Waals surface area contributed by atoms with Crippen LogP contribution >= 0.6 is 11.3 Å². The normalized spacial score (nSPS) is 16.0. The summed E-state index contributed by atoms with van der Waals surface area (Å²) in [6.45, 7) is 1.90. The number of nitrogens with zero attached hydrogens (tertiary/aromatic N) is 2. The first-order valence-corrected chi connectivity index (χ1v) is 11.8. The van der Waals surface area contributed by atoms with Crippen LogP contribution in [0.25, 0.3) is 10.2 Å². The molecule has 0 spiro atoms. The number of ketones is 1. The average molecular weight is 435 g/mol. The number of carbonyl (C=O) groups is 1. The van der Waals surface area contributed by atoms with Gasteiger partial charge in [0.2, 0.25) is 5.78 Å². The lowest BCUT2D eigenvalue weighted by Crippen LogP contribution is -2.35. The van der Waals surface area contributed by atoms with Gasteiger partial charge in [-0.2, -0.15) is 0 Å². The smallest absolute Gasteiger partial charge is 0.264 e. The molecule has 2 heterocycles. The molecule has 3 aromatic carbocycles. The Morgan fingerprint density at radius 3 is 2.63 bits per heavy atom. The van der Waals surface area contributed by atoms with E-state index in [9.17, 15) is 13.2 Å². The summed E-state index contributed by atoms with van der Waals surface area (Å²) in [7, 11) is -3.80. The highest BCUT2D eigenvalue weighted by atomic mass is 32.2. The molecule has 7 heteroatoms. The molecule has 150 valence electrons. The summed E-state index contributed by atoms with van der Waals surface area (Å²) in [6.07, 6.45) is 0.666. The van der Waals surface area contributed by atoms with Gasteiger partial charge in [0.05, 0.1) is 20.8 Å². The minimum Gasteiger partial charge on any atom is -0.286 e. The third-order valence-electron chi connectivity index (χ3n) is 5.29. The predicted octanol–water partition coefficient (Wildman–Crippen LogP) is 4.67. The number of aromatic nitrogens is 1. The van der Waals surface area contributed by atoms with Crippen LogP contribution in [0, 0.1) is 0 Å². The summed E-state index contributed by atoms with van der Waals surface area (Å²) in [5, 5.41) is 0.352. The van der Waals surface area contributed by atoms with Crippen molar-refractivity contribution in [1.82, 2.24) is 4.98 Å². The van der Waals surface area contributed by atoms with Gasteiger partial charge in [-0.05, 0) is 49.2 Å². The number of sulfonamides is 1. The highest BCUT2D eigenvalue weighted by Crippen LogP contribution is 2.36. The Balaban J connectivity index is 1.54. The number of thiazole rings is 1. The maximum absolute atomic E-state index is 13.5. The Kier molecular flexibility index (Phi) is 4.45. The van der Waals surface area contributed by atoms with Crippen LogP contribution in [0.3, 0.4) is 0 Å².